The van der Waals surface area contributed by atoms with Gasteiger partial charge >= 0.3 is 5.97 Å². The van der Waals surface area contributed by atoms with Crippen LogP contribution in [0.25, 0.3) is 11.4 Å². The van der Waals surface area contributed by atoms with E-state index in [0.717, 1.165) is 0 Å². The van der Waals surface area contributed by atoms with Gasteiger partial charge in [0.05, 0.1) is 24.2 Å². The Kier molecular flexibility index (Phi) is 6.54. The lowest BCUT2D eigenvalue weighted by molar-refractivity contribution is 0.0525. The van der Waals surface area contributed by atoms with Crippen LogP contribution in [0.5, 0.6) is 0 Å². The maximum atomic E-state index is 14.3. The van der Waals surface area contributed by atoms with E-state index in [4.69, 9.17) is 4.74 Å². The zero-order valence-electron chi connectivity index (χ0n) is 19.3. The van der Waals surface area contributed by atoms with E-state index in [1.54, 1.807) is 55.8 Å². The standard InChI is InChI=1S/C25H22FN5O4/c1-4-35-25(34)19-14-27-31(16(19)3)18-11-9-17(10-12-18)28-24(33)23-22(32)13-15(2)30(29-23)21-8-6-5-7-20(21)26/h5-14H,4H2,1-3H3,(H,28,33). The van der Waals surface area contributed by atoms with Crippen LogP contribution < -0.4 is 10.7 Å². The monoisotopic (exact) mass is 475 g/mol. The summed E-state index contributed by atoms with van der Waals surface area (Å²) in [6.45, 7) is 5.34. The highest BCUT2D eigenvalue weighted by atomic mass is 19.1. The molecule has 35 heavy (non-hydrogen) atoms. The minimum atomic E-state index is -0.729. The Morgan fingerprint density at radius 2 is 1.77 bits per heavy atom. The van der Waals surface area contributed by atoms with Crippen LogP contribution in [0, 0.1) is 19.7 Å². The molecule has 2 aromatic carbocycles. The number of aryl methyl sites for hydroxylation is 1. The molecule has 178 valence electrons. The quantitative estimate of drug-likeness (QED) is 0.427. The lowest BCUT2D eigenvalue weighted by atomic mass is 10.2. The number of hydrogen-bond acceptors (Lipinski definition) is 6. The van der Waals surface area contributed by atoms with Gasteiger partial charge in [-0.25, -0.2) is 18.5 Å². The molecule has 4 rings (SSSR count). The number of aromatic nitrogens is 4. The second kappa shape index (κ2) is 9.72. The topological polar surface area (TPSA) is 108 Å². The number of amides is 1. The van der Waals surface area contributed by atoms with Crippen molar-refractivity contribution in [2.75, 3.05) is 11.9 Å². The summed E-state index contributed by atoms with van der Waals surface area (Å²) in [6.07, 6.45) is 1.44. The van der Waals surface area contributed by atoms with Crippen LogP contribution in [-0.2, 0) is 4.74 Å². The molecule has 0 radical (unpaired) electrons. The highest BCUT2D eigenvalue weighted by molar-refractivity contribution is 6.02. The van der Waals surface area contributed by atoms with Gasteiger partial charge in [0.25, 0.3) is 5.91 Å². The van der Waals surface area contributed by atoms with Crippen molar-refractivity contribution in [3.63, 3.8) is 0 Å². The summed E-state index contributed by atoms with van der Waals surface area (Å²) in [4.78, 5) is 37.3. The molecule has 9 nitrogen and oxygen atoms in total. The van der Waals surface area contributed by atoms with Crippen LogP contribution in [0.2, 0.25) is 0 Å². The number of halogens is 1. The molecule has 4 aromatic rings. The third-order valence-corrected chi connectivity index (χ3v) is 5.28. The minimum absolute atomic E-state index is 0.125. The average molecular weight is 475 g/mol. The molecule has 0 atom stereocenters. The van der Waals surface area contributed by atoms with Gasteiger partial charge in [-0.05, 0) is 57.2 Å². The van der Waals surface area contributed by atoms with Gasteiger partial charge in [0, 0.05) is 17.4 Å². The first-order chi connectivity index (χ1) is 16.8. The maximum Gasteiger partial charge on any atom is 0.341 e. The first kappa shape index (κ1) is 23.6. The molecule has 0 saturated heterocycles. The van der Waals surface area contributed by atoms with Crippen molar-refractivity contribution < 1.29 is 18.7 Å². The normalized spacial score (nSPS) is 10.7. The van der Waals surface area contributed by atoms with E-state index >= 15 is 0 Å². The molecule has 0 aliphatic carbocycles. The van der Waals surface area contributed by atoms with E-state index < -0.39 is 23.1 Å². The van der Waals surface area contributed by atoms with E-state index in [1.807, 2.05) is 0 Å². The molecule has 0 aliphatic heterocycles. The third-order valence-electron chi connectivity index (χ3n) is 5.28. The predicted molar refractivity (Wildman–Crippen MR) is 127 cm³/mol. The van der Waals surface area contributed by atoms with E-state index in [2.05, 4.69) is 15.5 Å². The van der Waals surface area contributed by atoms with Crippen LogP contribution in [0.3, 0.4) is 0 Å². The number of nitrogens with zero attached hydrogens (tertiary/aromatic N) is 4. The molecule has 0 bridgehead atoms. The molecule has 1 N–H and O–H groups in total. The van der Waals surface area contributed by atoms with Crippen molar-refractivity contribution in [1.82, 2.24) is 19.6 Å². The predicted octanol–water partition coefficient (Wildman–Crippen LogP) is 3.60. The average Bonchev–Trinajstić information content (AvgIpc) is 3.22. The number of carbonyl (C=O) groups is 2. The second-order valence-electron chi connectivity index (χ2n) is 7.64. The summed E-state index contributed by atoms with van der Waals surface area (Å²) in [7, 11) is 0. The van der Waals surface area contributed by atoms with Crippen LogP contribution in [0.4, 0.5) is 10.1 Å². The number of esters is 1. The van der Waals surface area contributed by atoms with Gasteiger partial charge in [-0.3, -0.25) is 9.59 Å². The number of nitrogens with one attached hydrogen (secondary N) is 1. The number of rotatable bonds is 6. The molecule has 2 aromatic heterocycles. The fourth-order valence-electron chi connectivity index (χ4n) is 3.53. The summed E-state index contributed by atoms with van der Waals surface area (Å²) >= 11 is 0. The van der Waals surface area contributed by atoms with Crippen LogP contribution >= 0.6 is 0 Å². The zero-order chi connectivity index (χ0) is 25.1. The van der Waals surface area contributed by atoms with Crippen LogP contribution in [0.15, 0.2) is 65.6 Å². The second-order valence-corrected chi connectivity index (χ2v) is 7.64. The molecular weight excluding hydrogens is 453 g/mol. The highest BCUT2D eigenvalue weighted by Gasteiger charge is 2.18. The Labute approximate surface area is 199 Å². The number of anilines is 1. The van der Waals surface area contributed by atoms with Gasteiger partial charge in [0.1, 0.15) is 17.1 Å². The van der Waals surface area contributed by atoms with Crippen molar-refractivity contribution in [2.45, 2.75) is 20.8 Å². The molecule has 0 saturated carbocycles. The SMILES string of the molecule is CCOC(=O)c1cnn(-c2ccc(NC(=O)c3nn(-c4ccccc4F)c(C)cc3=O)cc2)c1C. The van der Waals surface area contributed by atoms with Gasteiger partial charge in [-0.1, -0.05) is 12.1 Å². The molecule has 0 aliphatic rings. The van der Waals surface area contributed by atoms with E-state index in [9.17, 15) is 18.8 Å². The summed E-state index contributed by atoms with van der Waals surface area (Å²) in [5.41, 5.74) is 1.60. The molecule has 0 unspecified atom stereocenters. The largest absolute Gasteiger partial charge is 0.462 e. The number of ether oxygens (including phenoxy) is 1. The number of hydrogen-bond donors (Lipinski definition) is 1. The Hall–Kier alpha value is -4.60. The number of carbonyl (C=O) groups excluding carboxylic acids is 2. The Morgan fingerprint density at radius 3 is 2.46 bits per heavy atom. The van der Waals surface area contributed by atoms with Gasteiger partial charge < -0.3 is 10.1 Å². The fourth-order valence-corrected chi connectivity index (χ4v) is 3.53. The molecular formula is C25H22FN5O4. The smallest absolute Gasteiger partial charge is 0.341 e. The van der Waals surface area contributed by atoms with E-state index in [0.29, 0.717) is 28.3 Å². The fraction of sp³-hybridized carbons (Fsp3) is 0.160. The van der Waals surface area contributed by atoms with Crippen molar-refractivity contribution in [2.24, 2.45) is 0 Å². The number of para-hydroxylation sites is 1. The number of benzene rings is 2. The molecule has 2 heterocycles. The molecule has 0 spiro atoms. The summed E-state index contributed by atoms with van der Waals surface area (Å²) in [5, 5.41) is 11.0. The highest BCUT2D eigenvalue weighted by Crippen LogP contribution is 2.18. The Balaban J connectivity index is 1.57. The first-order valence-corrected chi connectivity index (χ1v) is 10.8. The van der Waals surface area contributed by atoms with E-state index in [1.165, 1.54) is 35.1 Å². The minimum Gasteiger partial charge on any atom is -0.462 e. The Morgan fingerprint density at radius 1 is 1.06 bits per heavy atom. The van der Waals surface area contributed by atoms with Gasteiger partial charge in [0.2, 0.25) is 5.43 Å². The van der Waals surface area contributed by atoms with Crippen molar-refractivity contribution in [3.05, 3.63) is 99.5 Å². The summed E-state index contributed by atoms with van der Waals surface area (Å²) in [6, 6.07) is 13.8. The lowest BCUT2D eigenvalue weighted by Gasteiger charge is -2.12. The first-order valence-electron chi connectivity index (χ1n) is 10.8. The summed E-state index contributed by atoms with van der Waals surface area (Å²) < 4.78 is 22.1. The summed E-state index contributed by atoms with van der Waals surface area (Å²) in [5.74, 6) is -1.71. The Bertz CT molecular complexity index is 1470. The molecule has 1 amide bonds. The maximum absolute atomic E-state index is 14.3. The molecule has 10 heteroatoms. The lowest BCUT2D eigenvalue weighted by Crippen LogP contribution is -2.27. The van der Waals surface area contributed by atoms with Crippen molar-refractivity contribution in [1.29, 1.82) is 0 Å². The zero-order valence-corrected chi connectivity index (χ0v) is 19.3. The third kappa shape index (κ3) is 4.72. The van der Waals surface area contributed by atoms with Crippen molar-refractivity contribution in [3.8, 4) is 11.4 Å². The van der Waals surface area contributed by atoms with Crippen LogP contribution in [-0.4, -0.2) is 38.0 Å². The van der Waals surface area contributed by atoms with Gasteiger partial charge in [-0.15, -0.1) is 0 Å². The van der Waals surface area contributed by atoms with Gasteiger partial charge in [-0.2, -0.15) is 10.2 Å². The van der Waals surface area contributed by atoms with E-state index in [-0.39, 0.29) is 18.0 Å². The van der Waals surface area contributed by atoms with Crippen LogP contribution in [0.1, 0.15) is 39.2 Å². The van der Waals surface area contributed by atoms with Gasteiger partial charge in [0.15, 0.2) is 5.69 Å². The molecule has 0 fully saturated rings. The van der Waals surface area contributed by atoms with Crippen molar-refractivity contribution >= 4 is 17.6 Å².